The van der Waals surface area contributed by atoms with Crippen molar-refractivity contribution < 1.29 is 23.1 Å². The van der Waals surface area contributed by atoms with E-state index in [9.17, 15) is 18.3 Å². The van der Waals surface area contributed by atoms with Crippen LogP contribution in [0, 0.1) is 6.92 Å². The van der Waals surface area contributed by atoms with Crippen LogP contribution in [0.25, 0.3) is 0 Å². The number of sulfonamides is 1. The Labute approximate surface area is 159 Å². The third-order valence-corrected chi connectivity index (χ3v) is 5.73. The van der Waals surface area contributed by atoms with Gasteiger partial charge in [0.1, 0.15) is 0 Å². The molecule has 0 saturated carbocycles. The molecule has 0 spiro atoms. The molecular weight excluding hydrogens is 368 g/mol. The number of hydrogen-bond acceptors (Lipinski definition) is 6. The van der Waals surface area contributed by atoms with Gasteiger partial charge in [-0.15, -0.1) is 0 Å². The van der Waals surface area contributed by atoms with Crippen LogP contribution < -0.4 is 10.0 Å². The van der Waals surface area contributed by atoms with Gasteiger partial charge in [-0.25, -0.2) is 13.2 Å². The van der Waals surface area contributed by atoms with Gasteiger partial charge >= 0.3 is 5.97 Å². The van der Waals surface area contributed by atoms with Crippen LogP contribution in [0.5, 0.6) is 0 Å². The highest BCUT2D eigenvalue weighted by atomic mass is 32.2. The van der Waals surface area contributed by atoms with Crippen molar-refractivity contribution in [2.45, 2.75) is 24.8 Å². The normalized spacial score (nSPS) is 12.4. The number of carbonyl (C=O) groups is 1. The quantitative estimate of drug-likeness (QED) is 0.662. The van der Waals surface area contributed by atoms with E-state index in [1.807, 2.05) is 6.92 Å². The van der Waals surface area contributed by atoms with Crippen LogP contribution >= 0.6 is 0 Å². The molecule has 0 heterocycles. The fourth-order valence-corrected chi connectivity index (χ4v) is 3.93. The third kappa shape index (κ3) is 5.06. The van der Waals surface area contributed by atoms with Crippen LogP contribution in [0.1, 0.15) is 22.8 Å². The molecule has 0 bridgehead atoms. The summed E-state index contributed by atoms with van der Waals surface area (Å²) in [7, 11) is -3.92. The van der Waals surface area contributed by atoms with Crippen LogP contribution in [0.4, 0.5) is 5.69 Å². The van der Waals surface area contributed by atoms with Crippen molar-refractivity contribution >= 4 is 21.7 Å². The van der Waals surface area contributed by atoms with Crippen LogP contribution in [-0.4, -0.2) is 45.3 Å². The standard InChI is InChI=1S/C19H24N2O5S/c1-3-26-19(23)15-6-8-16(9-7-15)21(13-17(22)12-20)27(24,25)18-10-4-14(2)5-11-18/h4-11,17,22H,3,12-13,20H2,1-2H3. The number of aliphatic hydroxyl groups excluding tert-OH is 1. The molecule has 1 atom stereocenters. The zero-order valence-electron chi connectivity index (χ0n) is 15.3. The Morgan fingerprint density at radius 2 is 1.74 bits per heavy atom. The average Bonchev–Trinajstić information content (AvgIpc) is 2.66. The number of aliphatic hydroxyl groups is 1. The fraction of sp³-hybridized carbons (Fsp3) is 0.316. The Morgan fingerprint density at radius 3 is 2.26 bits per heavy atom. The molecular formula is C19H24N2O5S. The molecule has 2 rings (SSSR count). The second kappa shape index (κ2) is 8.98. The molecule has 0 aliphatic heterocycles. The first-order valence-corrected chi connectivity index (χ1v) is 9.98. The lowest BCUT2D eigenvalue weighted by Gasteiger charge is -2.26. The summed E-state index contributed by atoms with van der Waals surface area (Å²) in [5, 5.41) is 9.95. The highest BCUT2D eigenvalue weighted by Crippen LogP contribution is 2.25. The van der Waals surface area contributed by atoms with E-state index in [4.69, 9.17) is 10.5 Å². The molecule has 1 unspecified atom stereocenters. The Bertz CT molecular complexity index is 864. The number of rotatable bonds is 8. The molecule has 0 radical (unpaired) electrons. The SMILES string of the molecule is CCOC(=O)c1ccc(N(CC(O)CN)S(=O)(=O)c2ccc(C)cc2)cc1. The highest BCUT2D eigenvalue weighted by Gasteiger charge is 2.27. The van der Waals surface area contributed by atoms with Gasteiger partial charge in [-0.3, -0.25) is 4.31 Å². The van der Waals surface area contributed by atoms with Crippen LogP contribution in [-0.2, 0) is 14.8 Å². The molecule has 0 saturated heterocycles. The van der Waals surface area contributed by atoms with E-state index in [-0.39, 0.29) is 24.6 Å². The topological polar surface area (TPSA) is 110 Å². The first kappa shape index (κ1) is 20.9. The first-order valence-electron chi connectivity index (χ1n) is 8.54. The average molecular weight is 392 g/mol. The molecule has 27 heavy (non-hydrogen) atoms. The summed E-state index contributed by atoms with van der Waals surface area (Å²) in [5.74, 6) is -0.487. The van der Waals surface area contributed by atoms with Crippen LogP contribution in [0.2, 0.25) is 0 Å². The van der Waals surface area contributed by atoms with E-state index in [0.717, 1.165) is 9.87 Å². The summed E-state index contributed by atoms with van der Waals surface area (Å²) < 4.78 is 32.2. The zero-order valence-corrected chi connectivity index (χ0v) is 16.1. The van der Waals surface area contributed by atoms with Gasteiger partial charge in [-0.05, 0) is 50.2 Å². The molecule has 0 aliphatic rings. The van der Waals surface area contributed by atoms with Gasteiger partial charge in [-0.1, -0.05) is 17.7 Å². The molecule has 0 fully saturated rings. The number of ether oxygens (including phenoxy) is 1. The van der Waals surface area contributed by atoms with Gasteiger partial charge in [0.15, 0.2) is 0 Å². The van der Waals surface area contributed by atoms with Crippen molar-refractivity contribution in [3.63, 3.8) is 0 Å². The number of carbonyl (C=O) groups excluding carboxylic acids is 1. The molecule has 2 aromatic rings. The molecule has 3 N–H and O–H groups in total. The Morgan fingerprint density at radius 1 is 1.15 bits per heavy atom. The second-order valence-electron chi connectivity index (χ2n) is 6.01. The minimum Gasteiger partial charge on any atom is -0.462 e. The summed E-state index contributed by atoms with van der Waals surface area (Å²) in [6.07, 6.45) is -1.03. The molecule has 8 heteroatoms. The van der Waals surface area contributed by atoms with Gasteiger partial charge in [0, 0.05) is 6.54 Å². The minimum absolute atomic E-state index is 0.0825. The second-order valence-corrected chi connectivity index (χ2v) is 7.87. The van der Waals surface area contributed by atoms with Crippen molar-refractivity contribution in [3.8, 4) is 0 Å². The van der Waals surface area contributed by atoms with Gasteiger partial charge in [0.25, 0.3) is 10.0 Å². The number of benzene rings is 2. The van der Waals surface area contributed by atoms with E-state index >= 15 is 0 Å². The van der Waals surface area contributed by atoms with Crippen molar-refractivity contribution in [3.05, 3.63) is 59.7 Å². The number of esters is 1. The third-order valence-electron chi connectivity index (χ3n) is 3.92. The highest BCUT2D eigenvalue weighted by molar-refractivity contribution is 7.92. The number of hydrogen-bond donors (Lipinski definition) is 2. The number of aryl methyl sites for hydroxylation is 1. The molecule has 2 aromatic carbocycles. The molecule has 0 aromatic heterocycles. The maximum Gasteiger partial charge on any atom is 0.338 e. The van der Waals surface area contributed by atoms with E-state index in [0.29, 0.717) is 11.3 Å². The lowest BCUT2D eigenvalue weighted by Crippen LogP contribution is -2.40. The first-order chi connectivity index (χ1) is 12.8. The largest absolute Gasteiger partial charge is 0.462 e. The Hall–Kier alpha value is -2.42. The Balaban J connectivity index is 2.42. The van der Waals surface area contributed by atoms with Crippen LogP contribution in [0.3, 0.4) is 0 Å². The van der Waals surface area contributed by atoms with Crippen molar-refractivity contribution in [1.82, 2.24) is 0 Å². The van der Waals surface area contributed by atoms with Crippen molar-refractivity contribution in [2.75, 3.05) is 24.0 Å². The van der Waals surface area contributed by atoms with Crippen molar-refractivity contribution in [2.24, 2.45) is 5.73 Å². The van der Waals surface area contributed by atoms with Crippen molar-refractivity contribution in [1.29, 1.82) is 0 Å². The van der Waals surface area contributed by atoms with Gasteiger partial charge < -0.3 is 15.6 Å². The summed E-state index contributed by atoms with van der Waals surface area (Å²) in [5.41, 5.74) is 7.02. The number of anilines is 1. The molecule has 0 amide bonds. The smallest absolute Gasteiger partial charge is 0.338 e. The fourth-order valence-electron chi connectivity index (χ4n) is 2.42. The summed E-state index contributed by atoms with van der Waals surface area (Å²) >= 11 is 0. The predicted octanol–water partition coefficient (Wildman–Crippen LogP) is 1.69. The molecule has 146 valence electrons. The molecule has 0 aliphatic carbocycles. The Kier molecular flexibility index (Phi) is 6.95. The maximum atomic E-state index is 13.1. The van der Waals surface area contributed by atoms with Gasteiger partial charge in [-0.2, -0.15) is 0 Å². The van der Waals surface area contributed by atoms with E-state index < -0.39 is 22.1 Å². The van der Waals surface area contributed by atoms with E-state index in [1.54, 1.807) is 19.1 Å². The summed E-state index contributed by atoms with van der Waals surface area (Å²) in [4.78, 5) is 11.9. The lowest BCUT2D eigenvalue weighted by molar-refractivity contribution is 0.0526. The molecule has 7 nitrogen and oxygen atoms in total. The zero-order chi connectivity index (χ0) is 20.0. The monoisotopic (exact) mass is 392 g/mol. The summed E-state index contributed by atoms with van der Waals surface area (Å²) in [6, 6.07) is 12.4. The maximum absolute atomic E-state index is 13.1. The van der Waals surface area contributed by atoms with Gasteiger partial charge in [0.05, 0.1) is 35.4 Å². The van der Waals surface area contributed by atoms with E-state index in [2.05, 4.69) is 0 Å². The predicted molar refractivity (Wildman–Crippen MR) is 103 cm³/mol. The number of nitrogens with two attached hydrogens (primary N) is 1. The lowest BCUT2D eigenvalue weighted by atomic mass is 10.2. The summed E-state index contributed by atoms with van der Waals surface area (Å²) in [6.45, 7) is 3.53. The van der Waals surface area contributed by atoms with Crippen LogP contribution in [0.15, 0.2) is 53.4 Å². The minimum atomic E-state index is -3.92. The van der Waals surface area contributed by atoms with E-state index in [1.165, 1.54) is 36.4 Å². The van der Waals surface area contributed by atoms with Gasteiger partial charge in [0.2, 0.25) is 0 Å². The number of nitrogens with zero attached hydrogens (tertiary/aromatic N) is 1.